The summed E-state index contributed by atoms with van der Waals surface area (Å²) in [5, 5.41) is 8.61. The van der Waals surface area contributed by atoms with Crippen molar-refractivity contribution in [2.24, 2.45) is 0 Å². The summed E-state index contributed by atoms with van der Waals surface area (Å²) in [6.45, 7) is 1.64. The number of hydrogen-bond donors (Lipinski definition) is 1. The minimum atomic E-state index is -0.821. The van der Waals surface area contributed by atoms with Crippen molar-refractivity contribution in [3.63, 3.8) is 0 Å². The second-order valence-electron chi connectivity index (χ2n) is 3.75. The number of rotatable bonds is 3. The number of carboxylic acids is 1. The van der Waals surface area contributed by atoms with Gasteiger partial charge in [0.15, 0.2) is 6.29 Å². The predicted molar refractivity (Wildman–Crippen MR) is 69.9 cm³/mol. The number of aromatic nitrogens is 2. The Morgan fingerprint density at radius 3 is 2.21 bits per heavy atom. The number of carbonyl (C=O) groups excluding carboxylic acids is 1. The lowest BCUT2D eigenvalue weighted by molar-refractivity contribution is -0.138. The molecular weight excluding hydrogens is 244 g/mol. The molecule has 0 spiro atoms. The number of nitrogens with zero attached hydrogens (tertiary/aromatic N) is 2. The first-order valence-electron chi connectivity index (χ1n) is 5.63. The van der Waals surface area contributed by atoms with Crippen molar-refractivity contribution in [3.05, 3.63) is 60.2 Å². The highest BCUT2D eigenvalue weighted by Crippen LogP contribution is 2.12. The summed E-state index contributed by atoms with van der Waals surface area (Å²) in [5.74, 6) is -1.29. The Kier molecular flexibility index (Phi) is 5.88. The van der Waals surface area contributed by atoms with E-state index in [1.165, 1.54) is 6.20 Å². The fourth-order valence-corrected chi connectivity index (χ4v) is 1.22. The molecule has 98 valence electrons. The van der Waals surface area contributed by atoms with Crippen LogP contribution < -0.4 is 0 Å². The van der Waals surface area contributed by atoms with Crippen molar-refractivity contribution < 1.29 is 14.7 Å². The molecule has 0 aromatic carbocycles. The van der Waals surface area contributed by atoms with Crippen LogP contribution in [-0.4, -0.2) is 27.3 Å². The highest BCUT2D eigenvalue weighted by molar-refractivity contribution is 5.75. The quantitative estimate of drug-likeness (QED) is 0.853. The van der Waals surface area contributed by atoms with Gasteiger partial charge in [-0.05, 0) is 30.7 Å². The molecule has 1 N–H and O–H groups in total. The summed E-state index contributed by atoms with van der Waals surface area (Å²) < 4.78 is 0. The Labute approximate surface area is 111 Å². The van der Waals surface area contributed by atoms with E-state index in [0.717, 1.165) is 11.8 Å². The zero-order valence-electron chi connectivity index (χ0n) is 10.4. The number of aldehydes is 1. The van der Waals surface area contributed by atoms with Gasteiger partial charge in [-0.2, -0.15) is 0 Å². The first-order valence-corrected chi connectivity index (χ1v) is 5.63. The zero-order chi connectivity index (χ0) is 14.1. The highest BCUT2D eigenvalue weighted by Gasteiger charge is 2.12. The fraction of sp³-hybridized carbons (Fsp3) is 0.143. The molecule has 19 heavy (non-hydrogen) atoms. The van der Waals surface area contributed by atoms with Crippen LogP contribution in [0, 0.1) is 0 Å². The lowest BCUT2D eigenvalue weighted by Crippen LogP contribution is -2.07. The van der Waals surface area contributed by atoms with E-state index in [0.29, 0.717) is 5.56 Å². The van der Waals surface area contributed by atoms with E-state index >= 15 is 0 Å². The number of pyridine rings is 2. The summed E-state index contributed by atoms with van der Waals surface area (Å²) in [6, 6.07) is 6.92. The number of carbonyl (C=O) groups is 2. The van der Waals surface area contributed by atoms with Gasteiger partial charge < -0.3 is 5.11 Å². The van der Waals surface area contributed by atoms with Crippen LogP contribution in [0.5, 0.6) is 0 Å². The van der Waals surface area contributed by atoms with Gasteiger partial charge in [0.2, 0.25) is 0 Å². The molecule has 1 atom stereocenters. The van der Waals surface area contributed by atoms with Gasteiger partial charge in [0, 0.05) is 30.4 Å². The van der Waals surface area contributed by atoms with Crippen molar-refractivity contribution >= 4 is 12.3 Å². The normalized spacial score (nSPS) is 10.8. The first-order chi connectivity index (χ1) is 9.15. The summed E-state index contributed by atoms with van der Waals surface area (Å²) in [4.78, 5) is 28.0. The van der Waals surface area contributed by atoms with Crippen LogP contribution in [0.3, 0.4) is 0 Å². The minimum Gasteiger partial charge on any atom is -0.481 e. The third-order valence-corrected chi connectivity index (χ3v) is 2.38. The number of carboxylic acid groups (broad SMARTS) is 1. The Balaban J connectivity index is 0.000000200. The summed E-state index contributed by atoms with van der Waals surface area (Å²) in [5.41, 5.74) is 1.35. The van der Waals surface area contributed by atoms with Crippen LogP contribution in [0.25, 0.3) is 0 Å². The third-order valence-electron chi connectivity index (χ3n) is 2.38. The van der Waals surface area contributed by atoms with Crippen molar-refractivity contribution in [1.29, 1.82) is 0 Å². The summed E-state index contributed by atoms with van der Waals surface area (Å²) in [7, 11) is 0. The lowest BCUT2D eigenvalue weighted by atomic mass is 10.0. The molecule has 0 amide bonds. The van der Waals surface area contributed by atoms with Gasteiger partial charge in [-0.15, -0.1) is 0 Å². The maximum absolute atomic E-state index is 10.5. The molecule has 0 aliphatic carbocycles. The maximum Gasteiger partial charge on any atom is 0.310 e. The van der Waals surface area contributed by atoms with Crippen LogP contribution in [0.1, 0.15) is 28.8 Å². The molecule has 2 aromatic heterocycles. The second-order valence-corrected chi connectivity index (χ2v) is 3.75. The van der Waals surface area contributed by atoms with Gasteiger partial charge in [-0.1, -0.05) is 6.07 Å². The minimum absolute atomic E-state index is 0.469. The van der Waals surface area contributed by atoms with Gasteiger partial charge in [0.05, 0.1) is 5.92 Å². The zero-order valence-corrected chi connectivity index (χ0v) is 10.4. The standard InChI is InChI=1S/C8H9NO2.C6H5NO/c1-6(8(10)11)7-3-2-4-9-5-7;8-5-6-2-1-3-7-4-6/h2-6H,1H3,(H,10,11);1-5H. The molecule has 0 fully saturated rings. The first kappa shape index (κ1) is 14.5. The average molecular weight is 258 g/mol. The second kappa shape index (κ2) is 7.71. The van der Waals surface area contributed by atoms with Gasteiger partial charge in [-0.3, -0.25) is 19.6 Å². The molecule has 5 heteroatoms. The number of aliphatic carboxylic acids is 1. The van der Waals surface area contributed by atoms with Gasteiger partial charge in [0.1, 0.15) is 0 Å². The Morgan fingerprint density at radius 2 is 1.84 bits per heavy atom. The topological polar surface area (TPSA) is 80.1 Å². The molecule has 0 saturated heterocycles. The Morgan fingerprint density at radius 1 is 1.21 bits per heavy atom. The van der Waals surface area contributed by atoms with Crippen LogP contribution >= 0.6 is 0 Å². The highest BCUT2D eigenvalue weighted by atomic mass is 16.4. The van der Waals surface area contributed by atoms with E-state index in [1.807, 2.05) is 0 Å². The van der Waals surface area contributed by atoms with Crippen LogP contribution in [0.15, 0.2) is 49.1 Å². The summed E-state index contributed by atoms with van der Waals surface area (Å²) in [6.07, 6.45) is 7.11. The smallest absolute Gasteiger partial charge is 0.310 e. The van der Waals surface area contributed by atoms with Crippen LogP contribution in [0.4, 0.5) is 0 Å². The van der Waals surface area contributed by atoms with Crippen LogP contribution in [0.2, 0.25) is 0 Å². The third kappa shape index (κ3) is 5.08. The van der Waals surface area contributed by atoms with E-state index in [1.54, 1.807) is 49.8 Å². The molecule has 5 nitrogen and oxygen atoms in total. The van der Waals surface area contributed by atoms with E-state index in [2.05, 4.69) is 9.97 Å². The van der Waals surface area contributed by atoms with Gasteiger partial charge in [-0.25, -0.2) is 0 Å². The molecule has 0 bridgehead atoms. The van der Waals surface area contributed by atoms with Crippen LogP contribution in [-0.2, 0) is 4.79 Å². The summed E-state index contributed by atoms with van der Waals surface area (Å²) >= 11 is 0. The molecular formula is C14H14N2O3. The molecule has 0 saturated carbocycles. The van der Waals surface area contributed by atoms with Crippen molar-refractivity contribution in [3.8, 4) is 0 Å². The average Bonchev–Trinajstić information content (AvgIpc) is 2.48. The van der Waals surface area contributed by atoms with E-state index in [4.69, 9.17) is 5.11 Å². The SMILES string of the molecule is CC(C(=O)O)c1cccnc1.O=Cc1cccnc1. The maximum atomic E-state index is 10.5. The Hall–Kier alpha value is -2.56. The van der Waals surface area contributed by atoms with E-state index in [-0.39, 0.29) is 0 Å². The molecule has 0 aliphatic heterocycles. The van der Waals surface area contributed by atoms with Crippen molar-refractivity contribution in [2.45, 2.75) is 12.8 Å². The van der Waals surface area contributed by atoms with Crippen molar-refractivity contribution in [1.82, 2.24) is 9.97 Å². The van der Waals surface area contributed by atoms with Gasteiger partial charge >= 0.3 is 5.97 Å². The van der Waals surface area contributed by atoms with Gasteiger partial charge in [0.25, 0.3) is 0 Å². The molecule has 2 rings (SSSR count). The van der Waals surface area contributed by atoms with E-state index in [9.17, 15) is 9.59 Å². The molecule has 2 heterocycles. The molecule has 0 aliphatic rings. The van der Waals surface area contributed by atoms with Crippen molar-refractivity contribution in [2.75, 3.05) is 0 Å². The fourth-order valence-electron chi connectivity index (χ4n) is 1.22. The Bertz CT molecular complexity index is 515. The number of hydrogen-bond acceptors (Lipinski definition) is 4. The van der Waals surface area contributed by atoms with E-state index < -0.39 is 11.9 Å². The molecule has 0 radical (unpaired) electrons. The molecule has 1 unspecified atom stereocenters. The predicted octanol–water partition coefficient (Wildman–Crippen LogP) is 2.16. The monoisotopic (exact) mass is 258 g/mol. The lowest BCUT2D eigenvalue weighted by Gasteiger charge is -2.03. The molecule has 2 aromatic rings. The largest absolute Gasteiger partial charge is 0.481 e.